The summed E-state index contributed by atoms with van der Waals surface area (Å²) in [6.07, 6.45) is 1.99. The van der Waals surface area contributed by atoms with E-state index in [2.05, 4.69) is 15.5 Å². The molecule has 0 aliphatic heterocycles. The van der Waals surface area contributed by atoms with Crippen molar-refractivity contribution in [1.82, 2.24) is 14.8 Å². The third kappa shape index (κ3) is 4.05. The number of rotatable bonds is 6. The minimum Gasteiger partial charge on any atom is -0.325 e. The van der Waals surface area contributed by atoms with E-state index >= 15 is 0 Å². The molecular formula is C20H18ClFN4OS. The van der Waals surface area contributed by atoms with Crippen LogP contribution in [-0.4, -0.2) is 25.9 Å². The smallest absolute Gasteiger partial charge is 0.237 e. The molecule has 8 heteroatoms. The third-order valence-electron chi connectivity index (χ3n) is 4.43. The SMILES string of the molecule is C[C@H](Sc1nnc(-c2ccccc2F)n1C1CC1)C(=O)Nc1cccc(Cl)c1. The molecule has 0 saturated heterocycles. The van der Waals surface area contributed by atoms with Crippen molar-refractivity contribution in [2.24, 2.45) is 0 Å². The Kier molecular flexibility index (Phi) is 5.37. The standard InChI is InChI=1S/C20H18ClFN4OS/c1-12(19(27)23-14-6-4-5-13(21)11-14)28-20-25-24-18(26(20)15-9-10-15)16-7-2-3-8-17(16)22/h2-8,11-12,15H,9-10H2,1H3,(H,23,27)/t12-/m0/s1. The van der Waals surface area contributed by atoms with Gasteiger partial charge in [-0.05, 0) is 50.1 Å². The summed E-state index contributed by atoms with van der Waals surface area (Å²) in [4.78, 5) is 12.6. The summed E-state index contributed by atoms with van der Waals surface area (Å²) in [6.45, 7) is 1.80. The van der Waals surface area contributed by atoms with Crippen LogP contribution in [0.2, 0.25) is 5.02 Å². The molecule has 1 heterocycles. The van der Waals surface area contributed by atoms with Crippen molar-refractivity contribution in [2.45, 2.75) is 36.2 Å². The minimum absolute atomic E-state index is 0.162. The van der Waals surface area contributed by atoms with Gasteiger partial charge < -0.3 is 5.32 Å². The second-order valence-electron chi connectivity index (χ2n) is 6.65. The number of halogens is 2. The van der Waals surface area contributed by atoms with Crippen LogP contribution in [0, 0.1) is 5.82 Å². The molecule has 1 aliphatic carbocycles. The van der Waals surface area contributed by atoms with E-state index in [0.29, 0.717) is 27.3 Å². The Balaban J connectivity index is 1.55. The highest BCUT2D eigenvalue weighted by atomic mass is 35.5. The molecule has 1 saturated carbocycles. The molecule has 1 aliphatic rings. The molecule has 4 rings (SSSR count). The number of thioether (sulfide) groups is 1. The summed E-state index contributed by atoms with van der Waals surface area (Å²) < 4.78 is 16.2. The molecule has 5 nitrogen and oxygen atoms in total. The average molecular weight is 417 g/mol. The van der Waals surface area contributed by atoms with Gasteiger partial charge in [0.05, 0.1) is 10.8 Å². The maximum absolute atomic E-state index is 14.3. The molecule has 1 aromatic heterocycles. The number of aromatic nitrogens is 3. The number of anilines is 1. The van der Waals surface area contributed by atoms with Crippen LogP contribution in [-0.2, 0) is 4.79 Å². The van der Waals surface area contributed by atoms with Gasteiger partial charge in [-0.15, -0.1) is 10.2 Å². The largest absolute Gasteiger partial charge is 0.325 e. The Labute approximate surface area is 171 Å². The molecule has 3 aromatic rings. The van der Waals surface area contributed by atoms with Crippen LogP contribution < -0.4 is 5.32 Å². The van der Waals surface area contributed by atoms with Gasteiger partial charge in [0, 0.05) is 16.8 Å². The second kappa shape index (κ2) is 7.93. The first-order valence-electron chi connectivity index (χ1n) is 8.96. The van der Waals surface area contributed by atoms with E-state index in [1.54, 1.807) is 49.4 Å². The van der Waals surface area contributed by atoms with E-state index < -0.39 is 5.25 Å². The zero-order valence-corrected chi connectivity index (χ0v) is 16.7. The van der Waals surface area contributed by atoms with Crippen LogP contribution >= 0.6 is 23.4 Å². The van der Waals surface area contributed by atoms with Crippen molar-refractivity contribution >= 4 is 35.0 Å². The lowest BCUT2D eigenvalue weighted by Crippen LogP contribution is -2.23. The maximum atomic E-state index is 14.3. The van der Waals surface area contributed by atoms with Crippen molar-refractivity contribution in [3.8, 4) is 11.4 Å². The molecule has 1 fully saturated rings. The number of nitrogens with zero attached hydrogens (tertiary/aromatic N) is 3. The van der Waals surface area contributed by atoms with E-state index in [4.69, 9.17) is 11.6 Å². The minimum atomic E-state index is -0.408. The number of carbonyl (C=O) groups is 1. The van der Waals surface area contributed by atoms with E-state index in [1.807, 2.05) is 4.57 Å². The molecule has 1 N–H and O–H groups in total. The summed E-state index contributed by atoms with van der Waals surface area (Å²) in [5.41, 5.74) is 1.06. The Morgan fingerprint density at radius 3 is 2.75 bits per heavy atom. The molecule has 0 unspecified atom stereocenters. The Bertz CT molecular complexity index is 1020. The van der Waals surface area contributed by atoms with Gasteiger partial charge in [-0.25, -0.2) is 4.39 Å². The van der Waals surface area contributed by atoms with Crippen LogP contribution in [0.15, 0.2) is 53.7 Å². The number of nitrogens with one attached hydrogen (secondary N) is 1. The molecule has 144 valence electrons. The first kappa shape index (κ1) is 19.0. The molecule has 2 aromatic carbocycles. The van der Waals surface area contributed by atoms with Gasteiger partial charge in [-0.3, -0.25) is 9.36 Å². The summed E-state index contributed by atoms with van der Waals surface area (Å²) >= 11 is 7.28. The summed E-state index contributed by atoms with van der Waals surface area (Å²) in [5, 5.41) is 12.1. The van der Waals surface area contributed by atoms with E-state index in [0.717, 1.165) is 12.8 Å². The van der Waals surface area contributed by atoms with Crippen molar-refractivity contribution in [2.75, 3.05) is 5.32 Å². The number of amides is 1. The Hall–Kier alpha value is -2.38. The van der Waals surface area contributed by atoms with Gasteiger partial charge in [-0.1, -0.05) is 41.6 Å². The summed E-state index contributed by atoms with van der Waals surface area (Å²) in [6, 6.07) is 13.8. The lowest BCUT2D eigenvalue weighted by molar-refractivity contribution is -0.115. The van der Waals surface area contributed by atoms with Crippen molar-refractivity contribution in [3.05, 3.63) is 59.4 Å². The first-order valence-corrected chi connectivity index (χ1v) is 10.2. The lowest BCUT2D eigenvalue weighted by atomic mass is 10.2. The van der Waals surface area contributed by atoms with Gasteiger partial charge in [0.15, 0.2) is 11.0 Å². The molecule has 28 heavy (non-hydrogen) atoms. The number of hydrogen-bond acceptors (Lipinski definition) is 4. The van der Waals surface area contributed by atoms with Crippen LogP contribution in [0.25, 0.3) is 11.4 Å². The molecule has 0 radical (unpaired) electrons. The van der Waals surface area contributed by atoms with Gasteiger partial charge in [0.2, 0.25) is 5.91 Å². The number of benzene rings is 2. The van der Waals surface area contributed by atoms with Crippen LogP contribution in [0.1, 0.15) is 25.8 Å². The highest BCUT2D eigenvalue weighted by molar-refractivity contribution is 8.00. The normalized spacial score (nSPS) is 14.7. The average Bonchev–Trinajstić information content (AvgIpc) is 3.43. The fourth-order valence-corrected chi connectivity index (χ4v) is 3.98. The zero-order valence-electron chi connectivity index (χ0n) is 15.1. The topological polar surface area (TPSA) is 59.8 Å². The monoisotopic (exact) mass is 416 g/mol. The highest BCUT2D eigenvalue weighted by Gasteiger charge is 2.32. The predicted molar refractivity (Wildman–Crippen MR) is 109 cm³/mol. The van der Waals surface area contributed by atoms with Crippen molar-refractivity contribution < 1.29 is 9.18 Å². The van der Waals surface area contributed by atoms with Crippen LogP contribution in [0.4, 0.5) is 10.1 Å². The van der Waals surface area contributed by atoms with Gasteiger partial charge in [0.25, 0.3) is 0 Å². The quantitative estimate of drug-likeness (QED) is 0.561. The highest BCUT2D eigenvalue weighted by Crippen LogP contribution is 2.42. The van der Waals surface area contributed by atoms with E-state index in [1.165, 1.54) is 17.8 Å². The van der Waals surface area contributed by atoms with E-state index in [-0.39, 0.29) is 17.8 Å². The van der Waals surface area contributed by atoms with Crippen molar-refractivity contribution in [3.63, 3.8) is 0 Å². The van der Waals surface area contributed by atoms with Crippen LogP contribution in [0.5, 0.6) is 0 Å². The Morgan fingerprint density at radius 1 is 1.25 bits per heavy atom. The van der Waals surface area contributed by atoms with Gasteiger partial charge in [0.1, 0.15) is 5.82 Å². The third-order valence-corrected chi connectivity index (χ3v) is 5.73. The fourth-order valence-electron chi connectivity index (χ4n) is 2.87. The summed E-state index contributed by atoms with van der Waals surface area (Å²) in [5.74, 6) is 0.00991. The van der Waals surface area contributed by atoms with Gasteiger partial charge >= 0.3 is 0 Å². The maximum Gasteiger partial charge on any atom is 0.237 e. The fraction of sp³-hybridized carbons (Fsp3) is 0.250. The molecule has 1 amide bonds. The predicted octanol–water partition coefficient (Wildman–Crippen LogP) is 5.19. The van der Waals surface area contributed by atoms with Crippen LogP contribution in [0.3, 0.4) is 0 Å². The molecule has 0 spiro atoms. The lowest BCUT2D eigenvalue weighted by Gasteiger charge is -2.13. The van der Waals surface area contributed by atoms with Gasteiger partial charge in [-0.2, -0.15) is 0 Å². The summed E-state index contributed by atoms with van der Waals surface area (Å²) in [7, 11) is 0. The zero-order chi connectivity index (χ0) is 19.7. The van der Waals surface area contributed by atoms with E-state index in [9.17, 15) is 9.18 Å². The number of hydrogen-bond donors (Lipinski definition) is 1. The molecule has 1 atom stereocenters. The van der Waals surface area contributed by atoms with Crippen molar-refractivity contribution in [1.29, 1.82) is 0 Å². The first-order chi connectivity index (χ1) is 13.5. The molecule has 0 bridgehead atoms. The molecular weight excluding hydrogens is 399 g/mol. The number of carbonyl (C=O) groups excluding carboxylic acids is 1. The Morgan fingerprint density at radius 2 is 2.04 bits per heavy atom. The second-order valence-corrected chi connectivity index (χ2v) is 8.39.